The second-order valence-corrected chi connectivity index (χ2v) is 2.64. The average molecular weight is 189 g/mol. The number of rotatable bonds is 1. The Kier molecular flexibility index (Phi) is 2.50. The molecule has 1 rings (SSSR count). The quantitative estimate of drug-likeness (QED) is 0.635. The Morgan fingerprint density at radius 2 is 2.00 bits per heavy atom. The van der Waals surface area contributed by atoms with Crippen molar-refractivity contribution in [3.63, 3.8) is 0 Å². The van der Waals surface area contributed by atoms with Crippen molar-refractivity contribution in [1.29, 1.82) is 0 Å². The normalized spacial score (nSPS) is 17.5. The third-order valence-electron chi connectivity index (χ3n) is 1.82. The van der Waals surface area contributed by atoms with Gasteiger partial charge in [0, 0.05) is 6.54 Å². The first-order valence-electron chi connectivity index (χ1n) is 3.61. The molecular weight excluding hydrogens is 181 g/mol. The van der Waals surface area contributed by atoms with Crippen LogP contribution in [0.4, 0.5) is 9.18 Å². The molecule has 0 unspecified atom stereocenters. The molecule has 0 spiro atoms. The Labute approximate surface area is 73.1 Å². The molecule has 0 fully saturated rings. The van der Waals surface area contributed by atoms with Gasteiger partial charge in [0.15, 0.2) is 0 Å². The average Bonchev–Trinajstić information content (AvgIpc) is 2.03. The number of nitrogens with zero attached hydrogens (tertiary/aromatic N) is 1. The van der Waals surface area contributed by atoms with Crippen LogP contribution in [0.25, 0.3) is 0 Å². The maximum Gasteiger partial charge on any atom is 0.407 e. The molecule has 0 aromatic carbocycles. The van der Waals surface area contributed by atoms with Crippen molar-refractivity contribution >= 4 is 12.1 Å². The minimum atomic E-state index is -1.32. The molecule has 72 valence electrons. The van der Waals surface area contributed by atoms with Crippen LogP contribution in [0.3, 0.4) is 0 Å². The molecule has 1 amide bonds. The standard InChI is InChI=1S/C7H8FNO4/c8-5-3-9(7(12)13)2-1-4(5)6(10)11/h1-3H2,(H,10,11)(H,12,13). The van der Waals surface area contributed by atoms with Gasteiger partial charge in [-0.05, 0) is 6.42 Å². The second-order valence-electron chi connectivity index (χ2n) is 2.64. The highest BCUT2D eigenvalue weighted by molar-refractivity contribution is 5.87. The summed E-state index contributed by atoms with van der Waals surface area (Å²) in [4.78, 5) is 21.6. The molecule has 1 heterocycles. The fourth-order valence-electron chi connectivity index (χ4n) is 1.11. The summed E-state index contributed by atoms with van der Waals surface area (Å²) in [5.74, 6) is -2.19. The molecule has 5 nitrogen and oxygen atoms in total. The van der Waals surface area contributed by atoms with Gasteiger partial charge < -0.3 is 15.1 Å². The highest BCUT2D eigenvalue weighted by Gasteiger charge is 2.25. The molecule has 2 N–H and O–H groups in total. The van der Waals surface area contributed by atoms with Crippen LogP contribution in [-0.4, -0.2) is 40.3 Å². The number of amides is 1. The predicted molar refractivity (Wildman–Crippen MR) is 40.0 cm³/mol. The van der Waals surface area contributed by atoms with Gasteiger partial charge in [-0.25, -0.2) is 14.0 Å². The summed E-state index contributed by atoms with van der Waals surface area (Å²) in [6.45, 7) is -0.429. The Balaban J connectivity index is 2.78. The number of carbonyl (C=O) groups is 2. The van der Waals surface area contributed by atoms with E-state index in [9.17, 15) is 14.0 Å². The fourth-order valence-corrected chi connectivity index (χ4v) is 1.11. The number of halogens is 1. The van der Waals surface area contributed by atoms with Crippen molar-refractivity contribution < 1.29 is 24.2 Å². The maximum absolute atomic E-state index is 12.9. The summed E-state index contributed by atoms with van der Waals surface area (Å²) < 4.78 is 12.9. The van der Waals surface area contributed by atoms with E-state index in [0.29, 0.717) is 0 Å². The monoisotopic (exact) mass is 189 g/mol. The van der Waals surface area contributed by atoms with E-state index in [0.717, 1.165) is 4.90 Å². The van der Waals surface area contributed by atoms with Crippen molar-refractivity contribution in [3.8, 4) is 0 Å². The first-order valence-corrected chi connectivity index (χ1v) is 3.61. The Morgan fingerprint density at radius 1 is 1.38 bits per heavy atom. The lowest BCUT2D eigenvalue weighted by atomic mass is 10.1. The molecular formula is C7H8FNO4. The summed E-state index contributed by atoms with van der Waals surface area (Å²) in [5, 5.41) is 16.9. The van der Waals surface area contributed by atoms with Crippen LogP contribution < -0.4 is 0 Å². The number of carboxylic acid groups (broad SMARTS) is 2. The van der Waals surface area contributed by atoms with Gasteiger partial charge in [-0.15, -0.1) is 0 Å². The van der Waals surface area contributed by atoms with E-state index < -0.39 is 24.4 Å². The van der Waals surface area contributed by atoms with E-state index in [-0.39, 0.29) is 18.5 Å². The molecule has 1 aliphatic rings. The predicted octanol–water partition coefficient (Wildman–Crippen LogP) is 0.678. The second kappa shape index (κ2) is 3.42. The zero-order valence-corrected chi connectivity index (χ0v) is 6.66. The highest BCUT2D eigenvalue weighted by atomic mass is 19.1. The number of carboxylic acids is 1. The van der Waals surface area contributed by atoms with E-state index in [1.807, 2.05) is 0 Å². The number of hydrogen-bond donors (Lipinski definition) is 2. The summed E-state index contributed by atoms with van der Waals surface area (Å²) in [6.07, 6.45) is -1.31. The summed E-state index contributed by atoms with van der Waals surface area (Å²) in [5.41, 5.74) is -0.322. The lowest BCUT2D eigenvalue weighted by Crippen LogP contribution is -2.36. The zero-order chi connectivity index (χ0) is 10.0. The molecule has 0 radical (unpaired) electrons. The van der Waals surface area contributed by atoms with E-state index >= 15 is 0 Å². The molecule has 0 bridgehead atoms. The van der Waals surface area contributed by atoms with Gasteiger partial charge in [0.25, 0.3) is 0 Å². The zero-order valence-electron chi connectivity index (χ0n) is 6.66. The third-order valence-corrected chi connectivity index (χ3v) is 1.82. The van der Waals surface area contributed by atoms with Crippen molar-refractivity contribution in [1.82, 2.24) is 4.90 Å². The largest absolute Gasteiger partial charge is 0.478 e. The highest BCUT2D eigenvalue weighted by Crippen LogP contribution is 2.18. The smallest absolute Gasteiger partial charge is 0.407 e. The number of aliphatic carboxylic acids is 1. The minimum absolute atomic E-state index is 0.0321. The molecule has 1 aliphatic heterocycles. The molecule has 13 heavy (non-hydrogen) atoms. The van der Waals surface area contributed by atoms with Gasteiger partial charge in [-0.2, -0.15) is 0 Å². The lowest BCUT2D eigenvalue weighted by Gasteiger charge is -2.23. The Morgan fingerprint density at radius 3 is 2.38 bits per heavy atom. The first-order chi connectivity index (χ1) is 6.02. The van der Waals surface area contributed by atoms with Crippen LogP contribution in [0.5, 0.6) is 0 Å². The van der Waals surface area contributed by atoms with Crippen LogP contribution in [0.2, 0.25) is 0 Å². The van der Waals surface area contributed by atoms with Crippen LogP contribution in [-0.2, 0) is 4.79 Å². The molecule has 0 atom stereocenters. The molecule has 0 saturated carbocycles. The number of hydrogen-bond acceptors (Lipinski definition) is 2. The molecule has 0 aliphatic carbocycles. The molecule has 0 aromatic rings. The van der Waals surface area contributed by atoms with Crippen LogP contribution in [0.1, 0.15) is 6.42 Å². The maximum atomic E-state index is 12.9. The van der Waals surface area contributed by atoms with E-state index in [2.05, 4.69) is 0 Å². The van der Waals surface area contributed by atoms with E-state index in [1.165, 1.54) is 0 Å². The lowest BCUT2D eigenvalue weighted by molar-refractivity contribution is -0.133. The van der Waals surface area contributed by atoms with Crippen molar-refractivity contribution in [3.05, 3.63) is 11.4 Å². The molecule has 0 aromatic heterocycles. The summed E-state index contributed by atoms with van der Waals surface area (Å²) in [6, 6.07) is 0. The topological polar surface area (TPSA) is 77.8 Å². The van der Waals surface area contributed by atoms with Gasteiger partial charge in [-0.1, -0.05) is 0 Å². The van der Waals surface area contributed by atoms with E-state index in [1.54, 1.807) is 0 Å². The van der Waals surface area contributed by atoms with Crippen molar-refractivity contribution in [2.24, 2.45) is 0 Å². The van der Waals surface area contributed by atoms with Crippen LogP contribution in [0.15, 0.2) is 11.4 Å². The van der Waals surface area contributed by atoms with E-state index in [4.69, 9.17) is 10.2 Å². The first kappa shape index (κ1) is 9.50. The Hall–Kier alpha value is -1.59. The Bertz CT molecular complexity index is 286. The van der Waals surface area contributed by atoms with Gasteiger partial charge in [0.05, 0.1) is 12.1 Å². The molecule has 0 saturated heterocycles. The van der Waals surface area contributed by atoms with Gasteiger partial charge >= 0.3 is 12.1 Å². The van der Waals surface area contributed by atoms with Gasteiger partial charge in [0.2, 0.25) is 0 Å². The summed E-state index contributed by atoms with van der Waals surface area (Å²) >= 11 is 0. The molecule has 6 heteroatoms. The third kappa shape index (κ3) is 1.95. The van der Waals surface area contributed by atoms with Crippen molar-refractivity contribution in [2.45, 2.75) is 6.42 Å². The fraction of sp³-hybridized carbons (Fsp3) is 0.429. The minimum Gasteiger partial charge on any atom is -0.478 e. The summed E-state index contributed by atoms with van der Waals surface area (Å²) in [7, 11) is 0. The van der Waals surface area contributed by atoms with Gasteiger partial charge in [0.1, 0.15) is 5.83 Å². The SMILES string of the molecule is O=C(O)C1=C(F)CN(C(=O)O)CC1. The van der Waals surface area contributed by atoms with Gasteiger partial charge in [-0.3, -0.25) is 0 Å². The van der Waals surface area contributed by atoms with Crippen LogP contribution >= 0.6 is 0 Å². The van der Waals surface area contributed by atoms with Crippen molar-refractivity contribution in [2.75, 3.05) is 13.1 Å². The van der Waals surface area contributed by atoms with Crippen LogP contribution in [0, 0.1) is 0 Å².